The van der Waals surface area contributed by atoms with Gasteiger partial charge >= 0.3 is 0 Å². The van der Waals surface area contributed by atoms with Crippen LogP contribution in [0.15, 0.2) is 24.3 Å². The summed E-state index contributed by atoms with van der Waals surface area (Å²) in [5.74, 6) is 2.72. The van der Waals surface area contributed by atoms with Crippen LogP contribution in [0.25, 0.3) is 0 Å². The molecular weight excluding hydrogens is 324 g/mol. The van der Waals surface area contributed by atoms with Crippen molar-refractivity contribution in [3.63, 3.8) is 0 Å². The number of hydrogen-bond donors (Lipinski definition) is 1. The average molecular weight is 357 g/mol. The highest BCUT2D eigenvalue weighted by Gasteiger charge is 2.61. The number of hydrogen-bond acceptors (Lipinski definition) is 3. The Morgan fingerprint density at radius 3 is 2.42 bits per heavy atom. The van der Waals surface area contributed by atoms with Crippen molar-refractivity contribution < 1.29 is 9.53 Å². The van der Waals surface area contributed by atoms with E-state index in [9.17, 15) is 4.79 Å². The normalized spacial score (nSPS) is 34.7. The molecule has 0 saturated heterocycles. The van der Waals surface area contributed by atoms with Gasteiger partial charge in [-0.25, -0.2) is 0 Å². The van der Waals surface area contributed by atoms with E-state index in [2.05, 4.69) is 29.6 Å². The van der Waals surface area contributed by atoms with E-state index >= 15 is 0 Å². The molecule has 5 rings (SSSR count). The number of benzene rings is 1. The van der Waals surface area contributed by atoms with E-state index < -0.39 is 0 Å². The molecule has 1 N–H and O–H groups in total. The lowest BCUT2D eigenvalue weighted by Crippen LogP contribution is -2.59. The van der Waals surface area contributed by atoms with Crippen molar-refractivity contribution in [3.8, 4) is 5.75 Å². The second kappa shape index (κ2) is 6.56. The number of carbonyl (C=O) groups is 1. The molecule has 0 aromatic heterocycles. The van der Waals surface area contributed by atoms with Crippen molar-refractivity contribution in [2.75, 3.05) is 34.3 Å². The lowest BCUT2D eigenvalue weighted by molar-refractivity contribution is -0.158. The lowest BCUT2D eigenvalue weighted by atomic mass is 9.42. The number of amides is 1. The molecule has 1 aromatic carbocycles. The fraction of sp³-hybridized carbons (Fsp3) is 0.682. The Labute approximate surface area is 157 Å². The first kappa shape index (κ1) is 17.8. The van der Waals surface area contributed by atoms with Crippen LogP contribution in [0.3, 0.4) is 0 Å². The van der Waals surface area contributed by atoms with Gasteiger partial charge in [-0.15, -0.1) is 0 Å². The van der Waals surface area contributed by atoms with E-state index in [-0.39, 0.29) is 10.8 Å². The second-order valence-corrected chi connectivity index (χ2v) is 9.08. The number of ether oxygens (including phenoxy) is 1. The predicted molar refractivity (Wildman–Crippen MR) is 103 cm³/mol. The summed E-state index contributed by atoms with van der Waals surface area (Å²) in [4.78, 5) is 15.4. The molecule has 4 aliphatic carbocycles. The van der Waals surface area contributed by atoms with Crippen LogP contribution < -0.4 is 10.1 Å². The smallest absolute Gasteiger partial charge is 0.228 e. The van der Waals surface area contributed by atoms with E-state index in [1.165, 1.54) is 24.8 Å². The van der Waals surface area contributed by atoms with Crippen molar-refractivity contribution in [3.05, 3.63) is 29.8 Å². The van der Waals surface area contributed by atoms with Crippen LogP contribution in [0.5, 0.6) is 5.75 Å². The van der Waals surface area contributed by atoms with Gasteiger partial charge in [0.25, 0.3) is 0 Å². The summed E-state index contributed by atoms with van der Waals surface area (Å²) in [6.45, 7) is 1.65. The van der Waals surface area contributed by atoms with Gasteiger partial charge < -0.3 is 15.0 Å². The maximum absolute atomic E-state index is 13.5. The molecule has 142 valence electrons. The fourth-order valence-electron chi connectivity index (χ4n) is 6.58. The van der Waals surface area contributed by atoms with Gasteiger partial charge in [0.1, 0.15) is 5.75 Å². The van der Waals surface area contributed by atoms with Crippen molar-refractivity contribution in [2.24, 2.45) is 17.3 Å². The third-order valence-electron chi connectivity index (χ3n) is 7.26. The highest BCUT2D eigenvalue weighted by molar-refractivity contribution is 5.83. The number of methoxy groups -OCH3 is 1. The zero-order valence-electron chi connectivity index (χ0n) is 16.4. The van der Waals surface area contributed by atoms with E-state index in [4.69, 9.17) is 4.74 Å². The molecular formula is C22H32N2O2. The summed E-state index contributed by atoms with van der Waals surface area (Å²) < 4.78 is 5.35. The number of likely N-dealkylation sites (N-methyl/N-ethyl adjacent to an activating group) is 2. The number of nitrogens with zero attached hydrogens (tertiary/aromatic N) is 1. The maximum Gasteiger partial charge on any atom is 0.228 e. The lowest BCUT2D eigenvalue weighted by Gasteiger charge is -2.62. The maximum atomic E-state index is 13.5. The molecule has 1 amide bonds. The Bertz CT molecular complexity index is 655. The van der Waals surface area contributed by atoms with Gasteiger partial charge in [0, 0.05) is 20.1 Å². The average Bonchev–Trinajstić information content (AvgIpc) is 2.64. The molecule has 4 nitrogen and oxygen atoms in total. The van der Waals surface area contributed by atoms with Gasteiger partial charge in [-0.2, -0.15) is 0 Å². The van der Waals surface area contributed by atoms with Crippen LogP contribution in [0, 0.1) is 17.3 Å². The minimum absolute atomic E-state index is 0.132. The molecule has 0 radical (unpaired) electrons. The van der Waals surface area contributed by atoms with Gasteiger partial charge in [-0.3, -0.25) is 4.79 Å². The van der Waals surface area contributed by atoms with Gasteiger partial charge in [0.05, 0.1) is 12.5 Å². The van der Waals surface area contributed by atoms with Crippen molar-refractivity contribution in [1.29, 1.82) is 0 Å². The Morgan fingerprint density at radius 1 is 1.19 bits per heavy atom. The van der Waals surface area contributed by atoms with Crippen molar-refractivity contribution in [2.45, 2.75) is 43.9 Å². The summed E-state index contributed by atoms with van der Waals surface area (Å²) in [6.07, 6.45) is 7.07. The second-order valence-electron chi connectivity index (χ2n) is 9.08. The number of nitrogens with one attached hydrogen (secondary N) is 1. The molecule has 0 aliphatic heterocycles. The summed E-state index contributed by atoms with van der Waals surface area (Å²) in [7, 11) is 5.65. The highest BCUT2D eigenvalue weighted by Crippen LogP contribution is 2.66. The quantitative estimate of drug-likeness (QED) is 0.851. The first-order valence-electron chi connectivity index (χ1n) is 10.0. The monoisotopic (exact) mass is 356 g/mol. The molecule has 2 atom stereocenters. The molecule has 4 aliphatic rings. The zero-order chi connectivity index (χ0) is 18.4. The summed E-state index contributed by atoms with van der Waals surface area (Å²) >= 11 is 0. The minimum atomic E-state index is -0.132. The zero-order valence-corrected chi connectivity index (χ0v) is 16.4. The molecule has 26 heavy (non-hydrogen) atoms. The Hall–Kier alpha value is -1.55. The third kappa shape index (κ3) is 2.83. The van der Waals surface area contributed by atoms with Crippen LogP contribution in [0.1, 0.15) is 44.1 Å². The fourth-order valence-corrected chi connectivity index (χ4v) is 6.58. The summed E-state index contributed by atoms with van der Waals surface area (Å²) in [5.41, 5.74) is 1.48. The summed E-state index contributed by atoms with van der Waals surface area (Å²) in [6, 6.07) is 8.66. The molecule has 4 fully saturated rings. The molecule has 0 spiro atoms. The largest absolute Gasteiger partial charge is 0.497 e. The van der Waals surface area contributed by atoms with Crippen molar-refractivity contribution >= 4 is 5.91 Å². The van der Waals surface area contributed by atoms with E-state index in [0.29, 0.717) is 17.7 Å². The molecule has 4 saturated carbocycles. The number of rotatable bonds is 6. The SMILES string of the molecule is CNCCN(C)C(=O)C12CC3CC(C1)CC(c1ccc(OC)cc1)(C3)C2. The molecule has 2 unspecified atom stereocenters. The Morgan fingerprint density at radius 2 is 1.85 bits per heavy atom. The van der Waals surface area contributed by atoms with Gasteiger partial charge in [-0.05, 0) is 80.5 Å². The van der Waals surface area contributed by atoms with Crippen LogP contribution in [-0.2, 0) is 10.2 Å². The summed E-state index contributed by atoms with van der Waals surface area (Å²) in [5, 5.41) is 3.17. The topological polar surface area (TPSA) is 41.6 Å². The van der Waals surface area contributed by atoms with Crippen molar-refractivity contribution in [1.82, 2.24) is 10.2 Å². The van der Waals surface area contributed by atoms with Crippen LogP contribution >= 0.6 is 0 Å². The standard InChI is InChI=1S/C22H32N2O2/c1-23-8-9-24(2)20(25)22-13-16-10-17(14-22)12-21(11-16,15-22)18-4-6-19(26-3)7-5-18/h4-7,16-17,23H,8-15H2,1-3H3. The van der Waals surface area contributed by atoms with E-state index in [1.807, 2.05) is 19.0 Å². The van der Waals surface area contributed by atoms with Crippen LogP contribution in [-0.4, -0.2) is 45.1 Å². The van der Waals surface area contributed by atoms with Gasteiger partial charge in [0.2, 0.25) is 5.91 Å². The highest BCUT2D eigenvalue weighted by atomic mass is 16.5. The third-order valence-corrected chi connectivity index (χ3v) is 7.26. The predicted octanol–water partition coefficient (Wildman–Crippen LogP) is 3.21. The van der Waals surface area contributed by atoms with Gasteiger partial charge in [0.15, 0.2) is 0 Å². The molecule has 0 heterocycles. The Balaban J connectivity index is 1.63. The molecule has 4 heteroatoms. The Kier molecular flexibility index (Phi) is 4.50. The van der Waals surface area contributed by atoms with Crippen LogP contribution in [0.2, 0.25) is 0 Å². The first-order valence-corrected chi connectivity index (χ1v) is 10.0. The van der Waals surface area contributed by atoms with Crippen LogP contribution in [0.4, 0.5) is 0 Å². The van der Waals surface area contributed by atoms with E-state index in [0.717, 1.165) is 38.1 Å². The molecule has 4 bridgehead atoms. The van der Waals surface area contributed by atoms with Gasteiger partial charge in [-0.1, -0.05) is 12.1 Å². The number of carbonyl (C=O) groups excluding carboxylic acids is 1. The first-order chi connectivity index (χ1) is 12.5. The van der Waals surface area contributed by atoms with E-state index in [1.54, 1.807) is 7.11 Å². The minimum Gasteiger partial charge on any atom is -0.497 e. The molecule has 1 aromatic rings.